The third-order valence-corrected chi connectivity index (χ3v) is 5.03. The zero-order chi connectivity index (χ0) is 17.3. The zero-order valence-electron chi connectivity index (χ0n) is 13.0. The first-order valence-corrected chi connectivity index (χ1v) is 8.36. The van der Waals surface area contributed by atoms with Crippen molar-refractivity contribution in [2.24, 2.45) is 0 Å². The number of thiophene rings is 1. The fraction of sp³-hybridized carbons (Fsp3) is 0.375. The van der Waals surface area contributed by atoms with E-state index in [0.29, 0.717) is 32.0 Å². The van der Waals surface area contributed by atoms with Crippen molar-refractivity contribution in [3.05, 3.63) is 45.8 Å². The van der Waals surface area contributed by atoms with Crippen molar-refractivity contribution in [1.82, 2.24) is 9.88 Å². The molecule has 4 nitrogen and oxygen atoms in total. The van der Waals surface area contributed by atoms with Gasteiger partial charge in [-0.1, -0.05) is 0 Å². The van der Waals surface area contributed by atoms with Crippen molar-refractivity contribution >= 4 is 23.1 Å². The summed E-state index contributed by atoms with van der Waals surface area (Å²) in [5, 5.41) is 1.89. The molecule has 0 unspecified atom stereocenters. The molecule has 0 aliphatic carbocycles. The molecule has 0 saturated carbocycles. The number of halogens is 3. The van der Waals surface area contributed by atoms with Crippen molar-refractivity contribution in [3.63, 3.8) is 0 Å². The van der Waals surface area contributed by atoms with Crippen LogP contribution in [0.3, 0.4) is 0 Å². The Hall–Kier alpha value is -2.09. The molecule has 8 heteroatoms. The molecule has 1 saturated heterocycles. The minimum Gasteiger partial charge on any atom is -0.353 e. The van der Waals surface area contributed by atoms with Crippen molar-refractivity contribution in [2.45, 2.75) is 13.1 Å². The Kier molecular flexibility index (Phi) is 4.49. The summed E-state index contributed by atoms with van der Waals surface area (Å²) in [5.41, 5.74) is 0.213. The van der Waals surface area contributed by atoms with E-state index < -0.39 is 11.7 Å². The van der Waals surface area contributed by atoms with Crippen LogP contribution < -0.4 is 4.90 Å². The molecular weight excluding hydrogens is 339 g/mol. The second kappa shape index (κ2) is 6.43. The van der Waals surface area contributed by atoms with E-state index in [0.717, 1.165) is 22.7 Å². The van der Waals surface area contributed by atoms with Crippen LogP contribution in [-0.2, 0) is 6.18 Å². The van der Waals surface area contributed by atoms with E-state index in [4.69, 9.17) is 0 Å². The van der Waals surface area contributed by atoms with Crippen LogP contribution in [0.25, 0.3) is 0 Å². The third kappa shape index (κ3) is 3.38. The Labute approximate surface area is 141 Å². The normalized spacial score (nSPS) is 15.7. The lowest BCUT2D eigenvalue weighted by atomic mass is 10.2. The molecule has 2 aromatic heterocycles. The average Bonchev–Trinajstić information content (AvgIpc) is 3.00. The maximum atomic E-state index is 12.6. The monoisotopic (exact) mass is 355 g/mol. The van der Waals surface area contributed by atoms with Gasteiger partial charge < -0.3 is 9.80 Å². The van der Waals surface area contributed by atoms with Crippen molar-refractivity contribution < 1.29 is 18.0 Å². The molecular formula is C16H16F3N3OS. The molecule has 0 bridgehead atoms. The van der Waals surface area contributed by atoms with Gasteiger partial charge in [0.2, 0.25) is 0 Å². The van der Waals surface area contributed by atoms with Gasteiger partial charge in [0.15, 0.2) is 0 Å². The van der Waals surface area contributed by atoms with Gasteiger partial charge in [0.05, 0.1) is 10.4 Å². The number of pyridine rings is 1. The fourth-order valence-corrected chi connectivity index (χ4v) is 3.51. The van der Waals surface area contributed by atoms with E-state index in [1.54, 1.807) is 4.90 Å². The number of amides is 1. The van der Waals surface area contributed by atoms with E-state index in [2.05, 4.69) is 4.98 Å². The molecule has 1 amide bonds. The minimum absolute atomic E-state index is 0.0162. The van der Waals surface area contributed by atoms with E-state index in [1.165, 1.54) is 17.4 Å². The number of nitrogens with zero attached hydrogens (tertiary/aromatic N) is 3. The number of carbonyl (C=O) groups excluding carboxylic acids is 1. The second-order valence-corrected chi connectivity index (χ2v) is 6.53. The largest absolute Gasteiger partial charge is 0.417 e. The maximum absolute atomic E-state index is 12.6. The molecule has 24 heavy (non-hydrogen) atoms. The SMILES string of the molecule is Cc1ccsc1C(=O)N1CCN(c2ccc(C(F)(F)F)cn2)CC1. The van der Waals surface area contributed by atoms with Crippen LogP contribution in [-0.4, -0.2) is 42.0 Å². The van der Waals surface area contributed by atoms with Crippen LogP contribution in [0.2, 0.25) is 0 Å². The van der Waals surface area contributed by atoms with E-state index >= 15 is 0 Å². The number of hydrogen-bond donors (Lipinski definition) is 0. The van der Waals surface area contributed by atoms with Crippen molar-refractivity contribution in [2.75, 3.05) is 31.1 Å². The zero-order valence-corrected chi connectivity index (χ0v) is 13.8. The molecule has 0 atom stereocenters. The molecule has 1 fully saturated rings. The topological polar surface area (TPSA) is 36.4 Å². The summed E-state index contributed by atoms with van der Waals surface area (Å²) in [6, 6.07) is 4.33. The highest BCUT2D eigenvalue weighted by Gasteiger charge is 2.31. The molecule has 1 aliphatic heterocycles. The van der Waals surface area contributed by atoms with Crippen molar-refractivity contribution in [1.29, 1.82) is 0 Å². The predicted octanol–water partition coefficient (Wildman–Crippen LogP) is 3.43. The minimum atomic E-state index is -4.38. The van der Waals surface area contributed by atoms with Gasteiger partial charge in [-0.3, -0.25) is 4.79 Å². The number of aryl methyl sites for hydroxylation is 1. The number of rotatable bonds is 2. The summed E-state index contributed by atoms with van der Waals surface area (Å²) in [6.07, 6.45) is -3.53. The van der Waals surface area contributed by atoms with Gasteiger partial charge in [-0.25, -0.2) is 4.98 Å². The van der Waals surface area contributed by atoms with Crippen molar-refractivity contribution in [3.8, 4) is 0 Å². The number of piperazine rings is 1. The lowest BCUT2D eigenvalue weighted by molar-refractivity contribution is -0.137. The van der Waals surface area contributed by atoms with Crippen LogP contribution >= 0.6 is 11.3 Å². The predicted molar refractivity (Wildman–Crippen MR) is 86.4 cm³/mol. The molecule has 0 aromatic carbocycles. The standard InChI is InChI=1S/C16H16F3N3OS/c1-11-4-9-24-14(11)15(23)22-7-5-21(6-8-22)13-3-2-12(10-20-13)16(17,18)19/h2-4,9-10H,5-8H2,1H3. The first-order valence-electron chi connectivity index (χ1n) is 7.48. The van der Waals surface area contributed by atoms with E-state index in [1.807, 2.05) is 23.3 Å². The summed E-state index contributed by atoms with van der Waals surface area (Å²) >= 11 is 1.43. The number of anilines is 1. The molecule has 0 spiro atoms. The molecule has 1 aliphatic rings. The third-order valence-electron chi connectivity index (χ3n) is 4.02. The summed E-state index contributed by atoms with van der Waals surface area (Å²) < 4.78 is 37.7. The van der Waals surface area contributed by atoms with Gasteiger partial charge in [0.1, 0.15) is 5.82 Å². The first kappa shape index (κ1) is 16.8. The van der Waals surface area contributed by atoms with Crippen LogP contribution in [0, 0.1) is 6.92 Å². The molecule has 0 radical (unpaired) electrons. The highest BCUT2D eigenvalue weighted by molar-refractivity contribution is 7.12. The molecule has 3 heterocycles. The Morgan fingerprint density at radius 3 is 2.38 bits per heavy atom. The first-order chi connectivity index (χ1) is 11.4. The highest BCUT2D eigenvalue weighted by atomic mass is 32.1. The summed E-state index contributed by atoms with van der Waals surface area (Å²) in [4.78, 5) is 20.8. The average molecular weight is 355 g/mol. The molecule has 3 rings (SSSR count). The van der Waals surface area contributed by atoms with Gasteiger partial charge in [-0.05, 0) is 36.1 Å². The Morgan fingerprint density at radius 2 is 1.88 bits per heavy atom. The Bertz CT molecular complexity index is 719. The summed E-state index contributed by atoms with van der Waals surface area (Å²) in [6.45, 7) is 4.06. The smallest absolute Gasteiger partial charge is 0.353 e. The van der Waals surface area contributed by atoms with Gasteiger partial charge in [-0.2, -0.15) is 13.2 Å². The van der Waals surface area contributed by atoms with Crippen LogP contribution in [0.15, 0.2) is 29.8 Å². The van der Waals surface area contributed by atoms with Gasteiger partial charge in [0.25, 0.3) is 5.91 Å². The lowest BCUT2D eigenvalue weighted by Gasteiger charge is -2.35. The van der Waals surface area contributed by atoms with E-state index in [9.17, 15) is 18.0 Å². The molecule has 2 aromatic rings. The van der Waals surface area contributed by atoms with Gasteiger partial charge in [-0.15, -0.1) is 11.3 Å². The lowest BCUT2D eigenvalue weighted by Crippen LogP contribution is -2.49. The van der Waals surface area contributed by atoms with Gasteiger partial charge in [0, 0.05) is 32.4 Å². The highest BCUT2D eigenvalue weighted by Crippen LogP contribution is 2.29. The Morgan fingerprint density at radius 1 is 1.17 bits per heavy atom. The van der Waals surface area contributed by atoms with Gasteiger partial charge >= 0.3 is 6.18 Å². The number of hydrogen-bond acceptors (Lipinski definition) is 4. The fourth-order valence-electron chi connectivity index (χ4n) is 2.61. The number of carbonyl (C=O) groups is 1. The quantitative estimate of drug-likeness (QED) is 0.828. The molecule has 128 valence electrons. The van der Waals surface area contributed by atoms with Crippen LogP contribution in [0.5, 0.6) is 0 Å². The van der Waals surface area contributed by atoms with Crippen LogP contribution in [0.1, 0.15) is 20.8 Å². The molecule has 0 N–H and O–H groups in total. The van der Waals surface area contributed by atoms with Crippen LogP contribution in [0.4, 0.5) is 19.0 Å². The van der Waals surface area contributed by atoms with E-state index in [-0.39, 0.29) is 5.91 Å². The summed E-state index contributed by atoms with van der Waals surface area (Å²) in [7, 11) is 0. The number of alkyl halides is 3. The Balaban J connectivity index is 1.63. The maximum Gasteiger partial charge on any atom is 0.417 e. The summed E-state index contributed by atoms with van der Waals surface area (Å²) in [5.74, 6) is 0.518. The number of aromatic nitrogens is 1. The second-order valence-electron chi connectivity index (χ2n) is 5.61.